The number of allylic oxidation sites excluding steroid dienone is 6. The van der Waals surface area contributed by atoms with Crippen molar-refractivity contribution >= 4 is 19.8 Å². The van der Waals surface area contributed by atoms with E-state index in [4.69, 9.17) is 18.5 Å². The van der Waals surface area contributed by atoms with Crippen molar-refractivity contribution in [1.29, 1.82) is 0 Å². The lowest BCUT2D eigenvalue weighted by Gasteiger charge is -2.28. The van der Waals surface area contributed by atoms with E-state index in [1.54, 1.807) is 0 Å². The summed E-state index contributed by atoms with van der Waals surface area (Å²) in [5.41, 5.74) is 0. The molecule has 0 rings (SSSR count). The highest BCUT2D eigenvalue weighted by Crippen LogP contribution is 2.38. The van der Waals surface area contributed by atoms with Gasteiger partial charge < -0.3 is 27.9 Å². The third-order valence-corrected chi connectivity index (χ3v) is 15.4. The van der Waals surface area contributed by atoms with Crippen LogP contribution < -0.4 is 4.89 Å². The van der Waals surface area contributed by atoms with Crippen LogP contribution >= 0.6 is 7.82 Å². The molecule has 0 aliphatic carbocycles. The van der Waals surface area contributed by atoms with Gasteiger partial charge in [0.1, 0.15) is 19.8 Å². The molecule has 2 atom stereocenters. The number of hydrogen-bond donors (Lipinski definition) is 0. The number of carbonyl (C=O) groups excluding carboxylic acids is 2. The summed E-state index contributed by atoms with van der Waals surface area (Å²) in [6.07, 6.45) is 71.2. The monoisotopic (exact) mass is 1080 g/mol. The second-order valence-electron chi connectivity index (χ2n) is 23.1. The van der Waals surface area contributed by atoms with Gasteiger partial charge in [0.2, 0.25) is 0 Å². The van der Waals surface area contributed by atoms with Crippen molar-refractivity contribution in [3.05, 3.63) is 36.5 Å². The largest absolute Gasteiger partial charge is 0.756 e. The van der Waals surface area contributed by atoms with Crippen molar-refractivity contribution in [1.82, 2.24) is 0 Å². The van der Waals surface area contributed by atoms with E-state index in [-0.39, 0.29) is 32.0 Å². The maximum atomic E-state index is 12.7. The summed E-state index contributed by atoms with van der Waals surface area (Å²) >= 11 is 0. The molecule has 0 fully saturated rings. The van der Waals surface area contributed by atoms with Gasteiger partial charge in [-0.2, -0.15) is 0 Å². The number of hydrogen-bond acceptors (Lipinski definition) is 8. The fraction of sp³-hybridized carbons (Fsp3) is 0.877. The third-order valence-electron chi connectivity index (χ3n) is 14.4. The minimum atomic E-state index is -4.64. The first-order valence-corrected chi connectivity index (χ1v) is 33.7. The predicted octanol–water partition coefficient (Wildman–Crippen LogP) is 19.7. The number of quaternary nitrogens is 1. The van der Waals surface area contributed by atoms with Crippen LogP contribution in [0.3, 0.4) is 0 Å². The molecule has 0 aromatic heterocycles. The number of ether oxygens (including phenoxy) is 2. The van der Waals surface area contributed by atoms with Gasteiger partial charge in [-0.25, -0.2) is 0 Å². The van der Waals surface area contributed by atoms with Crippen LogP contribution in [0, 0.1) is 0 Å². The fourth-order valence-electron chi connectivity index (χ4n) is 9.50. The highest BCUT2D eigenvalue weighted by Gasteiger charge is 2.22. The van der Waals surface area contributed by atoms with E-state index in [2.05, 4.69) is 50.3 Å². The van der Waals surface area contributed by atoms with Gasteiger partial charge in [0.05, 0.1) is 27.7 Å². The Hall–Kier alpha value is -1.77. The lowest BCUT2D eigenvalue weighted by molar-refractivity contribution is -0.870. The Labute approximate surface area is 465 Å². The average molecular weight is 1080 g/mol. The molecule has 0 saturated carbocycles. The zero-order valence-electron chi connectivity index (χ0n) is 50.3. The van der Waals surface area contributed by atoms with E-state index in [9.17, 15) is 19.0 Å². The van der Waals surface area contributed by atoms with Crippen molar-refractivity contribution in [3.8, 4) is 0 Å². The molecule has 0 heterocycles. The Morgan fingerprint density at radius 1 is 0.427 bits per heavy atom. The Morgan fingerprint density at radius 3 is 1.13 bits per heavy atom. The van der Waals surface area contributed by atoms with Crippen molar-refractivity contribution in [2.75, 3.05) is 47.5 Å². The van der Waals surface area contributed by atoms with Crippen LogP contribution in [0.25, 0.3) is 0 Å². The topological polar surface area (TPSA) is 111 Å². The number of likely N-dealkylation sites (N-methyl/N-ethyl adjacent to an activating group) is 1. The molecule has 0 aliphatic heterocycles. The molecule has 0 aliphatic rings. The van der Waals surface area contributed by atoms with Crippen LogP contribution in [-0.2, 0) is 32.7 Å². The minimum absolute atomic E-state index is 0.0357. The molecule has 0 bridgehead atoms. The molecule has 0 saturated heterocycles. The van der Waals surface area contributed by atoms with Crippen molar-refractivity contribution in [2.45, 2.75) is 322 Å². The van der Waals surface area contributed by atoms with Crippen LogP contribution in [0.15, 0.2) is 36.5 Å². The quantitative estimate of drug-likeness (QED) is 0.0195. The van der Waals surface area contributed by atoms with Gasteiger partial charge in [0.15, 0.2) is 6.10 Å². The third kappa shape index (κ3) is 61.3. The van der Waals surface area contributed by atoms with Crippen molar-refractivity contribution in [3.63, 3.8) is 0 Å². The number of unbranched alkanes of at least 4 members (excludes halogenated alkanes) is 40. The summed E-state index contributed by atoms with van der Waals surface area (Å²) in [4.78, 5) is 37.8. The van der Waals surface area contributed by atoms with Crippen LogP contribution in [0.1, 0.15) is 316 Å². The van der Waals surface area contributed by atoms with Gasteiger partial charge in [-0.05, 0) is 44.9 Å². The molecule has 9 nitrogen and oxygen atoms in total. The molecule has 2 unspecified atom stereocenters. The van der Waals surface area contributed by atoms with Gasteiger partial charge in [0.25, 0.3) is 7.82 Å². The molecule has 10 heteroatoms. The zero-order chi connectivity index (χ0) is 54.9. The molecule has 442 valence electrons. The summed E-state index contributed by atoms with van der Waals surface area (Å²) in [6.45, 7) is 4.12. The number of rotatable bonds is 60. The van der Waals surface area contributed by atoms with E-state index < -0.39 is 26.5 Å². The molecule has 75 heavy (non-hydrogen) atoms. The van der Waals surface area contributed by atoms with E-state index in [1.165, 1.54) is 225 Å². The van der Waals surface area contributed by atoms with E-state index in [0.29, 0.717) is 17.4 Å². The molecule has 0 radical (unpaired) electrons. The molecular formula is C65H124NO8P. The van der Waals surface area contributed by atoms with Crippen LogP contribution in [0.4, 0.5) is 0 Å². The van der Waals surface area contributed by atoms with Crippen LogP contribution in [-0.4, -0.2) is 70.0 Å². The molecule has 0 aromatic rings. The number of phosphoric acid groups is 1. The molecular weight excluding hydrogens is 954 g/mol. The standard InChI is InChI=1S/C65H124NO8P/c1-6-8-10-12-14-16-18-20-21-22-23-24-25-26-27-28-29-30-31-32-33-34-35-36-37-38-39-40-41-42-43-44-46-47-49-51-53-55-57-64(67)71-61-63(62-73-75(69,70)72-60-59-66(3,4)5)74-65(68)58-56-54-52-50-48-45-19-17-15-13-11-9-7-2/h9,11,15,17,45,48,63H,6-8,10,12-14,16,18-44,46-47,49-62H2,1-5H3/b11-9-,17-15-,48-45-. The lowest BCUT2D eigenvalue weighted by atomic mass is 10.0. The number of phosphoric ester groups is 1. The van der Waals surface area contributed by atoms with Gasteiger partial charge in [0, 0.05) is 12.8 Å². The minimum Gasteiger partial charge on any atom is -0.756 e. The smallest absolute Gasteiger partial charge is 0.306 e. The summed E-state index contributed by atoms with van der Waals surface area (Å²) in [5, 5.41) is 0. The van der Waals surface area contributed by atoms with Crippen LogP contribution in [0.2, 0.25) is 0 Å². The SMILES string of the molecule is CC/C=C\C/C=C\C/C=C\CCCCCC(=O)OC(COC(=O)CCCCCCCCCCCCCCCCCCCCCCCCCCCCCCCCCCCCCCCC)COP(=O)([O-])OCC[N+](C)(C)C. The van der Waals surface area contributed by atoms with E-state index in [0.717, 1.165) is 57.8 Å². The van der Waals surface area contributed by atoms with Gasteiger partial charge in [-0.3, -0.25) is 14.2 Å². The van der Waals surface area contributed by atoms with E-state index in [1.807, 2.05) is 21.1 Å². The number of nitrogens with zero attached hydrogens (tertiary/aromatic N) is 1. The second kappa shape index (κ2) is 56.9. The molecule has 0 aromatic carbocycles. The first-order chi connectivity index (χ1) is 36.5. The average Bonchev–Trinajstić information content (AvgIpc) is 3.37. The highest BCUT2D eigenvalue weighted by molar-refractivity contribution is 7.45. The summed E-state index contributed by atoms with van der Waals surface area (Å²) in [5.74, 6) is -0.857. The number of esters is 2. The summed E-state index contributed by atoms with van der Waals surface area (Å²) < 4.78 is 34.1. The Bertz CT molecular complexity index is 1360. The van der Waals surface area contributed by atoms with Gasteiger partial charge in [-0.15, -0.1) is 0 Å². The Balaban J connectivity index is 3.84. The summed E-state index contributed by atoms with van der Waals surface area (Å²) in [7, 11) is 1.15. The lowest BCUT2D eigenvalue weighted by Crippen LogP contribution is -2.37. The fourth-order valence-corrected chi connectivity index (χ4v) is 10.2. The number of carbonyl (C=O) groups is 2. The Kier molecular flexibility index (Phi) is 55.6. The molecule has 0 amide bonds. The van der Waals surface area contributed by atoms with Gasteiger partial charge >= 0.3 is 11.9 Å². The normalized spacial score (nSPS) is 13.4. The second-order valence-corrected chi connectivity index (χ2v) is 24.5. The van der Waals surface area contributed by atoms with Gasteiger partial charge in [-0.1, -0.05) is 294 Å². The highest BCUT2D eigenvalue weighted by atomic mass is 31.2. The van der Waals surface area contributed by atoms with Crippen molar-refractivity contribution in [2.24, 2.45) is 0 Å². The zero-order valence-corrected chi connectivity index (χ0v) is 51.2. The first-order valence-electron chi connectivity index (χ1n) is 32.2. The maximum Gasteiger partial charge on any atom is 0.306 e. The predicted molar refractivity (Wildman–Crippen MR) is 319 cm³/mol. The summed E-state index contributed by atoms with van der Waals surface area (Å²) in [6, 6.07) is 0. The van der Waals surface area contributed by atoms with E-state index >= 15 is 0 Å². The molecule has 0 N–H and O–H groups in total. The Morgan fingerprint density at radius 2 is 0.760 bits per heavy atom. The maximum absolute atomic E-state index is 12.7. The molecule has 0 spiro atoms. The van der Waals surface area contributed by atoms with Crippen molar-refractivity contribution < 1.29 is 42.1 Å². The van der Waals surface area contributed by atoms with Crippen LogP contribution in [0.5, 0.6) is 0 Å². The first kappa shape index (κ1) is 73.2.